The number of rotatable bonds is 8. The molecule has 1 aliphatic carbocycles. The molecule has 3 N–H and O–H groups in total. The molecule has 0 amide bonds. The monoisotopic (exact) mass is 480 g/mol. The Bertz CT molecular complexity index is 656. The van der Waals surface area contributed by atoms with Gasteiger partial charge in [0.1, 0.15) is 0 Å². The highest BCUT2D eigenvalue weighted by molar-refractivity contribution is 14.0. The Morgan fingerprint density at radius 3 is 2.36 bits per heavy atom. The standard InChI is InChI=1S/C17H28N4O2S.HI/c1-13(2)10-11-19-17(18-3)20-12-14-4-8-16(9-5-14)24(22,23)21-15-6-7-15;/h4-5,8-9,13,15,21H,6-7,10-12H2,1-3H3,(H2,18,19,20);1H. The summed E-state index contributed by atoms with van der Waals surface area (Å²) in [5, 5.41) is 6.50. The van der Waals surface area contributed by atoms with Crippen LogP contribution in [0.5, 0.6) is 0 Å². The zero-order valence-electron chi connectivity index (χ0n) is 15.1. The Morgan fingerprint density at radius 2 is 1.84 bits per heavy atom. The minimum Gasteiger partial charge on any atom is -0.356 e. The quantitative estimate of drug-likeness (QED) is 0.303. The van der Waals surface area contributed by atoms with Gasteiger partial charge < -0.3 is 10.6 Å². The predicted molar refractivity (Wildman–Crippen MR) is 113 cm³/mol. The molecule has 25 heavy (non-hydrogen) atoms. The molecular formula is C17H29IN4O2S. The maximum absolute atomic E-state index is 12.1. The molecule has 142 valence electrons. The average molecular weight is 480 g/mol. The summed E-state index contributed by atoms with van der Waals surface area (Å²) < 4.78 is 26.9. The van der Waals surface area contributed by atoms with Gasteiger partial charge in [-0.2, -0.15) is 0 Å². The third-order valence-electron chi connectivity index (χ3n) is 3.83. The first kappa shape index (κ1) is 22.2. The van der Waals surface area contributed by atoms with Gasteiger partial charge in [-0.05, 0) is 42.9 Å². The van der Waals surface area contributed by atoms with Gasteiger partial charge in [0.05, 0.1) is 4.90 Å². The lowest BCUT2D eigenvalue weighted by atomic mass is 10.1. The second-order valence-corrected chi connectivity index (χ2v) is 8.29. The lowest BCUT2D eigenvalue weighted by Gasteiger charge is -2.13. The third-order valence-corrected chi connectivity index (χ3v) is 5.37. The van der Waals surface area contributed by atoms with E-state index in [1.54, 1.807) is 19.2 Å². The minimum absolute atomic E-state index is 0. The van der Waals surface area contributed by atoms with Gasteiger partial charge in [-0.25, -0.2) is 13.1 Å². The highest BCUT2D eigenvalue weighted by Gasteiger charge is 2.27. The number of hydrogen-bond acceptors (Lipinski definition) is 3. The maximum Gasteiger partial charge on any atom is 0.240 e. The lowest BCUT2D eigenvalue weighted by molar-refractivity contribution is 0.573. The Morgan fingerprint density at radius 1 is 1.20 bits per heavy atom. The summed E-state index contributed by atoms with van der Waals surface area (Å²) >= 11 is 0. The van der Waals surface area contributed by atoms with Gasteiger partial charge >= 0.3 is 0 Å². The topological polar surface area (TPSA) is 82.6 Å². The molecule has 8 heteroatoms. The number of nitrogens with one attached hydrogen (secondary N) is 3. The SMILES string of the molecule is CN=C(NCCC(C)C)NCc1ccc(S(=O)(=O)NC2CC2)cc1.I. The number of nitrogens with zero attached hydrogens (tertiary/aromatic N) is 1. The summed E-state index contributed by atoms with van der Waals surface area (Å²) in [4.78, 5) is 4.50. The number of benzene rings is 1. The van der Waals surface area contributed by atoms with Crippen molar-refractivity contribution in [1.29, 1.82) is 0 Å². The van der Waals surface area contributed by atoms with E-state index in [2.05, 4.69) is 34.2 Å². The van der Waals surface area contributed by atoms with E-state index < -0.39 is 10.0 Å². The van der Waals surface area contributed by atoms with Crippen LogP contribution in [0.4, 0.5) is 0 Å². The van der Waals surface area contributed by atoms with Gasteiger partial charge in [-0.1, -0.05) is 26.0 Å². The number of halogens is 1. The Kier molecular flexibility index (Phi) is 9.15. The number of aliphatic imine (C=N–C) groups is 1. The van der Waals surface area contributed by atoms with E-state index in [-0.39, 0.29) is 30.0 Å². The van der Waals surface area contributed by atoms with Crippen LogP contribution in [0.2, 0.25) is 0 Å². The first-order chi connectivity index (χ1) is 11.4. The predicted octanol–water partition coefficient (Wildman–Crippen LogP) is 2.46. The highest BCUT2D eigenvalue weighted by Crippen LogP contribution is 2.22. The smallest absolute Gasteiger partial charge is 0.240 e. The minimum atomic E-state index is -3.38. The van der Waals surface area contributed by atoms with E-state index in [4.69, 9.17) is 0 Å². The van der Waals surface area contributed by atoms with Gasteiger partial charge in [-0.3, -0.25) is 4.99 Å². The Labute approximate surface area is 168 Å². The molecule has 0 atom stereocenters. The average Bonchev–Trinajstić information content (AvgIpc) is 3.34. The van der Waals surface area contributed by atoms with Crippen molar-refractivity contribution in [3.05, 3.63) is 29.8 Å². The van der Waals surface area contributed by atoms with Crippen LogP contribution in [0, 0.1) is 5.92 Å². The molecule has 1 saturated carbocycles. The summed E-state index contributed by atoms with van der Waals surface area (Å²) in [6.07, 6.45) is 2.95. The van der Waals surface area contributed by atoms with Gasteiger partial charge in [0, 0.05) is 26.2 Å². The second-order valence-electron chi connectivity index (χ2n) is 6.57. The summed E-state index contributed by atoms with van der Waals surface area (Å²) in [7, 11) is -1.64. The summed E-state index contributed by atoms with van der Waals surface area (Å²) in [6, 6.07) is 7.08. The largest absolute Gasteiger partial charge is 0.356 e. The van der Waals surface area contributed by atoms with Crippen molar-refractivity contribution in [2.24, 2.45) is 10.9 Å². The molecule has 0 aromatic heterocycles. The highest BCUT2D eigenvalue weighted by atomic mass is 127. The fourth-order valence-corrected chi connectivity index (χ4v) is 3.47. The molecule has 2 rings (SSSR count). The molecule has 0 aliphatic heterocycles. The number of hydrogen-bond donors (Lipinski definition) is 3. The fraction of sp³-hybridized carbons (Fsp3) is 0.588. The Hall–Kier alpha value is -0.870. The summed E-state index contributed by atoms with van der Waals surface area (Å²) in [5.41, 5.74) is 1.01. The molecule has 1 aliphatic rings. The van der Waals surface area contributed by atoms with Crippen LogP contribution in [0.25, 0.3) is 0 Å². The molecule has 6 nitrogen and oxygen atoms in total. The van der Waals surface area contributed by atoms with Crippen molar-refractivity contribution in [3.63, 3.8) is 0 Å². The Balaban J connectivity index is 0.00000312. The van der Waals surface area contributed by atoms with E-state index >= 15 is 0 Å². The van der Waals surface area contributed by atoms with Crippen LogP contribution in [-0.2, 0) is 16.6 Å². The normalized spacial score (nSPS) is 15.0. The van der Waals surface area contributed by atoms with Crippen molar-refractivity contribution in [2.75, 3.05) is 13.6 Å². The molecule has 0 spiro atoms. The van der Waals surface area contributed by atoms with Crippen LogP contribution < -0.4 is 15.4 Å². The maximum atomic E-state index is 12.1. The summed E-state index contributed by atoms with van der Waals surface area (Å²) in [6.45, 7) is 5.84. The van der Waals surface area contributed by atoms with Gasteiger partial charge in [0.25, 0.3) is 0 Å². The van der Waals surface area contributed by atoms with Crippen LogP contribution in [0.15, 0.2) is 34.2 Å². The first-order valence-corrected chi connectivity index (χ1v) is 9.95. The molecule has 0 unspecified atom stereocenters. The lowest BCUT2D eigenvalue weighted by Crippen LogP contribution is -2.37. The van der Waals surface area contributed by atoms with Crippen molar-refractivity contribution < 1.29 is 8.42 Å². The molecular weight excluding hydrogens is 451 g/mol. The second kappa shape index (κ2) is 10.3. The van der Waals surface area contributed by atoms with E-state index in [1.807, 2.05) is 12.1 Å². The molecule has 0 heterocycles. The fourth-order valence-electron chi connectivity index (χ4n) is 2.16. The zero-order chi connectivity index (χ0) is 17.6. The van der Waals surface area contributed by atoms with E-state index in [0.29, 0.717) is 17.4 Å². The van der Waals surface area contributed by atoms with Crippen LogP contribution in [-0.4, -0.2) is 34.0 Å². The third kappa shape index (κ3) is 7.91. The molecule has 1 aromatic rings. The van der Waals surface area contributed by atoms with Crippen molar-refractivity contribution in [3.8, 4) is 0 Å². The number of guanidine groups is 1. The van der Waals surface area contributed by atoms with Crippen molar-refractivity contribution in [1.82, 2.24) is 15.4 Å². The van der Waals surface area contributed by atoms with Crippen molar-refractivity contribution >= 4 is 40.0 Å². The first-order valence-electron chi connectivity index (χ1n) is 8.46. The summed E-state index contributed by atoms with van der Waals surface area (Å²) in [5.74, 6) is 1.40. The molecule has 1 fully saturated rings. The molecule has 0 bridgehead atoms. The molecule has 0 saturated heterocycles. The zero-order valence-corrected chi connectivity index (χ0v) is 18.2. The van der Waals surface area contributed by atoms with E-state index in [0.717, 1.165) is 37.3 Å². The van der Waals surface area contributed by atoms with Gasteiger partial charge in [-0.15, -0.1) is 24.0 Å². The van der Waals surface area contributed by atoms with Crippen LogP contribution in [0.1, 0.15) is 38.7 Å². The molecule has 1 aromatic carbocycles. The van der Waals surface area contributed by atoms with Gasteiger partial charge in [0.15, 0.2) is 5.96 Å². The van der Waals surface area contributed by atoms with Crippen molar-refractivity contribution in [2.45, 2.75) is 50.6 Å². The van der Waals surface area contributed by atoms with E-state index in [9.17, 15) is 8.42 Å². The van der Waals surface area contributed by atoms with Gasteiger partial charge in [0.2, 0.25) is 10.0 Å². The van der Waals surface area contributed by atoms with E-state index in [1.165, 1.54) is 0 Å². The van der Waals surface area contributed by atoms with Crippen LogP contribution in [0.3, 0.4) is 0 Å². The molecule has 0 radical (unpaired) electrons. The van der Waals surface area contributed by atoms with Crippen LogP contribution >= 0.6 is 24.0 Å². The number of sulfonamides is 1.